The van der Waals surface area contributed by atoms with Crippen molar-refractivity contribution < 1.29 is 12.8 Å². The lowest BCUT2D eigenvalue weighted by molar-refractivity contribution is 0.507. The summed E-state index contributed by atoms with van der Waals surface area (Å²) in [5, 5.41) is 11.4. The van der Waals surface area contributed by atoms with Gasteiger partial charge in [0.2, 0.25) is 10.0 Å². The Bertz CT molecular complexity index is 742. The summed E-state index contributed by atoms with van der Waals surface area (Å²) in [6.45, 7) is 3.79. The lowest BCUT2D eigenvalue weighted by Gasteiger charge is -2.10. The van der Waals surface area contributed by atoms with Crippen LogP contribution in [0.1, 0.15) is 17.6 Å². The molecule has 0 bridgehead atoms. The zero-order chi connectivity index (χ0) is 16.7. The molecule has 0 aliphatic rings. The van der Waals surface area contributed by atoms with Crippen molar-refractivity contribution >= 4 is 51.3 Å². The molecule has 0 fully saturated rings. The molecule has 2 heterocycles. The molecule has 0 aromatic carbocycles. The number of guanidine groups is 1. The maximum Gasteiger partial charge on any atom is 0.247 e. The number of thiophene rings is 1. The van der Waals surface area contributed by atoms with Crippen LogP contribution in [0.4, 0.5) is 0 Å². The highest BCUT2D eigenvalue weighted by Gasteiger charge is 2.11. The van der Waals surface area contributed by atoms with E-state index in [9.17, 15) is 8.42 Å². The van der Waals surface area contributed by atoms with Gasteiger partial charge in [-0.15, -0.1) is 35.3 Å². The van der Waals surface area contributed by atoms with Crippen molar-refractivity contribution in [3.8, 4) is 0 Å². The van der Waals surface area contributed by atoms with Crippen molar-refractivity contribution in [2.75, 3.05) is 13.1 Å². The third kappa shape index (κ3) is 6.79. The molecule has 0 amide bonds. The molecule has 2 aromatic rings. The lowest BCUT2D eigenvalue weighted by atomic mass is 10.3. The monoisotopic (exact) mass is 484 g/mol. The smallest absolute Gasteiger partial charge is 0.247 e. The molecule has 0 aliphatic heterocycles. The Hall–Kier alpha value is -1.11. The second-order valence-electron chi connectivity index (χ2n) is 4.72. The molecule has 134 valence electrons. The Balaban J connectivity index is 0.00000288. The molecule has 0 atom stereocenters. The largest absolute Gasteiger partial charge is 0.469 e. The second-order valence-corrected chi connectivity index (χ2v) is 7.67. The van der Waals surface area contributed by atoms with Crippen LogP contribution >= 0.6 is 35.3 Å². The molecule has 10 heteroatoms. The Morgan fingerprint density at radius 3 is 2.71 bits per heavy atom. The first kappa shape index (κ1) is 20.9. The van der Waals surface area contributed by atoms with E-state index in [0.29, 0.717) is 19.0 Å². The number of hydrogen-bond donors (Lipinski definition) is 3. The van der Waals surface area contributed by atoms with Crippen molar-refractivity contribution in [1.29, 1.82) is 0 Å². The second kappa shape index (κ2) is 10.0. The lowest BCUT2D eigenvalue weighted by Crippen LogP contribution is -2.38. The first-order valence-corrected chi connectivity index (χ1v) is 9.51. The highest BCUT2D eigenvalue weighted by Crippen LogP contribution is 2.20. The Morgan fingerprint density at radius 1 is 1.33 bits per heavy atom. The zero-order valence-corrected chi connectivity index (χ0v) is 17.2. The molecule has 0 unspecified atom stereocenters. The van der Waals surface area contributed by atoms with Gasteiger partial charge in [-0.1, -0.05) is 0 Å². The predicted octanol–water partition coefficient (Wildman–Crippen LogP) is 1.90. The van der Waals surface area contributed by atoms with Crippen LogP contribution in [0.5, 0.6) is 0 Å². The van der Waals surface area contributed by atoms with Crippen molar-refractivity contribution in [3.63, 3.8) is 0 Å². The number of furan rings is 1. The van der Waals surface area contributed by atoms with E-state index in [4.69, 9.17) is 9.56 Å². The summed E-state index contributed by atoms with van der Waals surface area (Å²) in [6.07, 6.45) is 2.40. The Kier molecular flexibility index (Phi) is 8.73. The molecule has 24 heavy (non-hydrogen) atoms. The van der Waals surface area contributed by atoms with Crippen LogP contribution in [-0.2, 0) is 23.0 Å². The van der Waals surface area contributed by atoms with E-state index in [1.807, 2.05) is 19.1 Å². The van der Waals surface area contributed by atoms with Crippen LogP contribution in [0.3, 0.4) is 0 Å². The summed E-state index contributed by atoms with van der Waals surface area (Å²) < 4.78 is 27.9. The predicted molar refractivity (Wildman–Crippen MR) is 106 cm³/mol. The first-order valence-electron chi connectivity index (χ1n) is 7.15. The summed E-state index contributed by atoms with van der Waals surface area (Å²) >= 11 is 1.13. The van der Waals surface area contributed by atoms with Gasteiger partial charge < -0.3 is 15.1 Å². The molecule has 0 saturated heterocycles. The average molecular weight is 484 g/mol. The number of rotatable bonds is 7. The Morgan fingerprint density at radius 2 is 2.12 bits per heavy atom. The number of hydrogen-bond acceptors (Lipinski definition) is 5. The zero-order valence-electron chi connectivity index (χ0n) is 13.2. The van der Waals surface area contributed by atoms with Gasteiger partial charge >= 0.3 is 0 Å². The van der Waals surface area contributed by atoms with E-state index in [0.717, 1.165) is 34.9 Å². The minimum Gasteiger partial charge on any atom is -0.469 e. The fourth-order valence-corrected chi connectivity index (χ4v) is 3.56. The molecule has 2 rings (SSSR count). The van der Waals surface area contributed by atoms with Crippen LogP contribution in [0, 0.1) is 0 Å². The van der Waals surface area contributed by atoms with Gasteiger partial charge in [-0.05, 0) is 31.2 Å². The van der Waals surface area contributed by atoms with Gasteiger partial charge in [0.25, 0.3) is 0 Å². The van der Waals surface area contributed by atoms with Crippen LogP contribution in [0.2, 0.25) is 0 Å². The molecule has 0 aliphatic carbocycles. The third-order valence-electron chi connectivity index (χ3n) is 2.90. The maximum absolute atomic E-state index is 11.3. The summed E-state index contributed by atoms with van der Waals surface area (Å²) in [6, 6.07) is 7.00. The number of nitrogens with two attached hydrogens (primary N) is 1. The van der Waals surface area contributed by atoms with E-state index >= 15 is 0 Å². The van der Waals surface area contributed by atoms with Crippen LogP contribution in [0.25, 0.3) is 0 Å². The fraction of sp³-hybridized carbons (Fsp3) is 0.357. The van der Waals surface area contributed by atoms with Gasteiger partial charge in [0.15, 0.2) is 5.96 Å². The molecule has 7 nitrogen and oxygen atoms in total. The Labute approximate surface area is 162 Å². The molecular weight excluding hydrogens is 463 g/mol. The fourth-order valence-electron chi connectivity index (χ4n) is 1.85. The number of halogens is 1. The molecule has 0 spiro atoms. The molecule has 4 N–H and O–H groups in total. The number of nitrogens with one attached hydrogen (secondary N) is 2. The van der Waals surface area contributed by atoms with Crippen LogP contribution in [-0.4, -0.2) is 27.5 Å². The van der Waals surface area contributed by atoms with Crippen molar-refractivity contribution in [1.82, 2.24) is 10.6 Å². The number of primary sulfonamides is 1. The quantitative estimate of drug-likeness (QED) is 0.316. The van der Waals surface area contributed by atoms with Crippen molar-refractivity contribution in [2.24, 2.45) is 10.1 Å². The number of aliphatic imine (C=N–C) groups is 1. The standard InChI is InChI=1S/C14H20N4O3S2.HI/c1-2-16-14(17-8-7-11-4-3-9-21-11)18-10-12-5-6-13(22-12)23(15,19)20;/h3-6,9H,2,7-8,10H2,1H3,(H2,15,19,20)(H2,16,17,18);1H. The van der Waals surface area contributed by atoms with Gasteiger partial charge in [0, 0.05) is 24.4 Å². The van der Waals surface area contributed by atoms with Gasteiger partial charge in [-0.3, -0.25) is 0 Å². The van der Waals surface area contributed by atoms with E-state index < -0.39 is 10.0 Å². The van der Waals surface area contributed by atoms with Gasteiger partial charge in [0.1, 0.15) is 9.97 Å². The SMILES string of the molecule is CCNC(=NCc1ccc(S(N)(=O)=O)s1)NCCc1ccco1.I. The van der Waals surface area contributed by atoms with Crippen LogP contribution < -0.4 is 15.8 Å². The average Bonchev–Trinajstić information content (AvgIpc) is 3.15. The van der Waals surface area contributed by atoms with E-state index in [1.54, 1.807) is 12.3 Å². The summed E-state index contributed by atoms with van der Waals surface area (Å²) in [4.78, 5) is 5.27. The highest BCUT2D eigenvalue weighted by atomic mass is 127. The third-order valence-corrected chi connectivity index (χ3v) is 5.41. The summed E-state index contributed by atoms with van der Waals surface area (Å²) in [5.74, 6) is 1.58. The molecule has 0 saturated carbocycles. The molecule has 2 aromatic heterocycles. The van der Waals surface area contributed by atoms with E-state index in [2.05, 4.69) is 15.6 Å². The van der Waals surface area contributed by atoms with Gasteiger partial charge in [-0.2, -0.15) is 0 Å². The van der Waals surface area contributed by atoms with Gasteiger partial charge in [-0.25, -0.2) is 18.5 Å². The number of nitrogens with zero attached hydrogens (tertiary/aromatic N) is 1. The van der Waals surface area contributed by atoms with Gasteiger partial charge in [0.05, 0.1) is 12.8 Å². The molecule has 0 radical (unpaired) electrons. The number of sulfonamides is 1. The van der Waals surface area contributed by atoms with Crippen molar-refractivity contribution in [2.45, 2.75) is 24.1 Å². The van der Waals surface area contributed by atoms with Crippen molar-refractivity contribution in [3.05, 3.63) is 41.2 Å². The van der Waals surface area contributed by atoms with E-state index in [1.165, 1.54) is 6.07 Å². The minimum atomic E-state index is -3.64. The first-order chi connectivity index (χ1) is 11.0. The maximum atomic E-state index is 11.3. The topological polar surface area (TPSA) is 110 Å². The minimum absolute atomic E-state index is 0. The summed E-state index contributed by atoms with van der Waals surface area (Å²) in [7, 11) is -3.64. The highest BCUT2D eigenvalue weighted by molar-refractivity contribution is 14.0. The summed E-state index contributed by atoms with van der Waals surface area (Å²) in [5.41, 5.74) is 0. The van der Waals surface area contributed by atoms with E-state index in [-0.39, 0.29) is 28.2 Å². The molecular formula is C14H21IN4O3S2. The van der Waals surface area contributed by atoms with Crippen LogP contribution in [0.15, 0.2) is 44.1 Å². The normalized spacial score (nSPS) is 11.8.